The molecule has 0 unspecified atom stereocenters. The van der Waals surface area contributed by atoms with Gasteiger partial charge in [-0.1, -0.05) is 6.92 Å². The summed E-state index contributed by atoms with van der Waals surface area (Å²) in [6.07, 6.45) is -4.74. The number of sulfone groups is 1. The molecule has 0 spiro atoms. The number of carbonyl (C=O) groups is 1. The Labute approximate surface area is 154 Å². The number of nitrogens with zero attached hydrogens (tertiary/aromatic N) is 3. The van der Waals surface area contributed by atoms with Gasteiger partial charge in [0.05, 0.1) is 15.5 Å². The minimum Gasteiger partial charge on any atom is -0.299 e. The van der Waals surface area contributed by atoms with Gasteiger partial charge in [-0.2, -0.15) is 17.9 Å². The molecule has 14 heteroatoms. The molecule has 0 aliphatic heterocycles. The Balaban J connectivity index is 2.78. The normalized spacial score (nSPS) is 12.2. The highest BCUT2D eigenvalue weighted by Crippen LogP contribution is 2.31. The highest BCUT2D eigenvalue weighted by molar-refractivity contribution is 7.99. The third-order valence-electron chi connectivity index (χ3n) is 3.41. The van der Waals surface area contributed by atoms with Crippen molar-refractivity contribution in [3.05, 3.63) is 34.3 Å². The molecule has 2 rings (SSSR count). The summed E-state index contributed by atoms with van der Waals surface area (Å²) in [6, 6.07) is 1.39. The van der Waals surface area contributed by atoms with E-state index in [0.717, 1.165) is 7.05 Å². The summed E-state index contributed by atoms with van der Waals surface area (Å²) in [5.41, 5.74) is -2.08. The molecule has 1 heterocycles. The summed E-state index contributed by atoms with van der Waals surface area (Å²) in [5.74, 6) is -3.18. The quantitative estimate of drug-likeness (QED) is 0.322. The number of benzene rings is 1. The van der Waals surface area contributed by atoms with Gasteiger partial charge in [-0.25, -0.2) is 17.6 Å². The number of rotatable bonds is 6. The van der Waals surface area contributed by atoms with Crippen molar-refractivity contribution in [1.29, 1.82) is 0 Å². The summed E-state index contributed by atoms with van der Waals surface area (Å²) in [7, 11) is -3.17. The lowest BCUT2D eigenvalue weighted by Gasteiger charge is -2.11. The zero-order chi connectivity index (χ0) is 20.6. The lowest BCUT2D eigenvalue weighted by atomic mass is 10.3. The van der Waals surface area contributed by atoms with E-state index in [4.69, 9.17) is 0 Å². The predicted octanol–water partition coefficient (Wildman–Crippen LogP) is 1.28. The molecule has 0 aliphatic carbocycles. The summed E-state index contributed by atoms with van der Waals surface area (Å²) in [6.45, 7) is 1.30. The number of amides is 1. The van der Waals surface area contributed by atoms with Gasteiger partial charge < -0.3 is 0 Å². The van der Waals surface area contributed by atoms with Crippen LogP contribution in [0, 0.1) is 5.82 Å². The van der Waals surface area contributed by atoms with E-state index >= 15 is 0 Å². The van der Waals surface area contributed by atoms with E-state index in [2.05, 4.69) is 9.82 Å². The second-order valence-corrected chi connectivity index (χ2v) is 8.19. The summed E-state index contributed by atoms with van der Waals surface area (Å²) >= 11 is 0.494. The van der Waals surface area contributed by atoms with Crippen molar-refractivity contribution in [2.75, 3.05) is 5.75 Å². The van der Waals surface area contributed by atoms with Crippen LogP contribution < -0.4 is 10.4 Å². The van der Waals surface area contributed by atoms with Gasteiger partial charge in [0.25, 0.3) is 0 Å². The maximum Gasteiger partial charge on any atom is 0.451 e. The van der Waals surface area contributed by atoms with Crippen molar-refractivity contribution in [3.63, 3.8) is 0 Å². The molecule has 0 saturated carbocycles. The van der Waals surface area contributed by atoms with Crippen LogP contribution in [0.15, 0.2) is 26.7 Å². The van der Waals surface area contributed by atoms with Gasteiger partial charge in [-0.05, 0) is 24.1 Å². The largest absolute Gasteiger partial charge is 0.451 e. The first-order chi connectivity index (χ1) is 12.4. The minimum atomic E-state index is -4.97. The Morgan fingerprint density at radius 1 is 1.33 bits per heavy atom. The summed E-state index contributed by atoms with van der Waals surface area (Å²) in [4.78, 5) is 21.8. The molecular formula is C13H12F4N4O4S2. The molecule has 8 nitrogen and oxygen atoms in total. The zero-order valence-electron chi connectivity index (χ0n) is 13.7. The zero-order valence-corrected chi connectivity index (χ0v) is 15.4. The van der Waals surface area contributed by atoms with Crippen molar-refractivity contribution < 1.29 is 30.8 Å². The van der Waals surface area contributed by atoms with Gasteiger partial charge in [0.1, 0.15) is 11.5 Å². The topological polar surface area (TPSA) is 103 Å². The van der Waals surface area contributed by atoms with Gasteiger partial charge in [-0.15, -0.1) is 5.10 Å². The summed E-state index contributed by atoms with van der Waals surface area (Å²) < 4.78 is 80.1. The highest BCUT2D eigenvalue weighted by Gasteiger charge is 2.38. The van der Waals surface area contributed by atoms with Crippen molar-refractivity contribution in [3.8, 4) is 5.69 Å². The lowest BCUT2D eigenvalue weighted by molar-refractivity contribution is -0.147. The summed E-state index contributed by atoms with van der Waals surface area (Å²) in [5, 5.41) is 3.08. The van der Waals surface area contributed by atoms with E-state index in [0.29, 0.717) is 24.1 Å². The van der Waals surface area contributed by atoms with Crippen molar-refractivity contribution in [2.45, 2.75) is 22.9 Å². The third kappa shape index (κ3) is 4.00. The maximum atomic E-state index is 14.4. The molecule has 0 fully saturated rings. The van der Waals surface area contributed by atoms with E-state index in [-0.39, 0.29) is 20.6 Å². The van der Waals surface area contributed by atoms with Crippen LogP contribution in [0.1, 0.15) is 12.7 Å². The Morgan fingerprint density at radius 2 is 1.96 bits per heavy atom. The van der Waals surface area contributed by atoms with Crippen molar-refractivity contribution in [1.82, 2.24) is 19.1 Å². The standard InChI is InChI=1S/C13H12F4N4O4S2/c1-3-27(24,25)10-5-8(7(14)4-9(10)26-18-6-22)21-12(23)20(2)11(19-21)13(15,16)17/h4-6H,3H2,1-2H3,(H,18,22). The molecule has 2 aromatic rings. The number of aromatic nitrogens is 3. The van der Waals surface area contributed by atoms with Crippen molar-refractivity contribution >= 4 is 28.2 Å². The first-order valence-corrected chi connectivity index (χ1v) is 9.56. The van der Waals surface area contributed by atoms with Crippen LogP contribution in [-0.4, -0.2) is 34.9 Å². The number of carbonyl (C=O) groups excluding carboxylic acids is 1. The van der Waals surface area contributed by atoms with Gasteiger partial charge in [-0.3, -0.25) is 14.1 Å². The molecule has 1 aromatic heterocycles. The second-order valence-electron chi connectivity index (χ2n) is 5.07. The number of hydrogen-bond acceptors (Lipinski definition) is 6. The molecular weight excluding hydrogens is 416 g/mol. The first kappa shape index (κ1) is 21.0. The van der Waals surface area contributed by atoms with Gasteiger partial charge in [0, 0.05) is 7.05 Å². The van der Waals surface area contributed by atoms with Gasteiger partial charge in [0.2, 0.25) is 12.2 Å². The van der Waals surface area contributed by atoms with E-state index < -0.39 is 49.7 Å². The molecule has 148 valence electrons. The van der Waals surface area contributed by atoms with Gasteiger partial charge >= 0.3 is 11.9 Å². The van der Waals surface area contributed by atoms with E-state index in [1.165, 1.54) is 6.92 Å². The second kappa shape index (κ2) is 7.34. The monoisotopic (exact) mass is 428 g/mol. The maximum absolute atomic E-state index is 14.4. The van der Waals surface area contributed by atoms with E-state index in [9.17, 15) is 35.6 Å². The van der Waals surface area contributed by atoms with Crippen LogP contribution in [0.25, 0.3) is 5.69 Å². The SMILES string of the molecule is CCS(=O)(=O)c1cc(-n2nc(C(F)(F)F)n(C)c2=O)c(F)cc1SNC=O. The Kier molecular flexibility index (Phi) is 5.70. The molecule has 1 N–H and O–H groups in total. The van der Waals surface area contributed by atoms with Crippen LogP contribution in [0.5, 0.6) is 0 Å². The van der Waals surface area contributed by atoms with Crippen LogP contribution in [0.3, 0.4) is 0 Å². The number of alkyl halides is 3. The van der Waals surface area contributed by atoms with Crippen LogP contribution in [0.4, 0.5) is 17.6 Å². The minimum absolute atomic E-state index is 0.133. The molecule has 1 aromatic carbocycles. The fourth-order valence-electron chi connectivity index (χ4n) is 2.09. The number of halogens is 4. The Hall–Kier alpha value is -2.35. The molecule has 27 heavy (non-hydrogen) atoms. The average molecular weight is 428 g/mol. The average Bonchev–Trinajstić information content (AvgIpc) is 2.88. The fourth-order valence-corrected chi connectivity index (χ4v) is 4.06. The number of nitrogens with one attached hydrogen (secondary N) is 1. The smallest absolute Gasteiger partial charge is 0.299 e. The molecule has 0 saturated heterocycles. The highest BCUT2D eigenvalue weighted by atomic mass is 32.2. The fraction of sp³-hybridized carbons (Fsp3) is 0.308. The third-order valence-corrected chi connectivity index (χ3v) is 6.08. The Bertz CT molecular complexity index is 1040. The first-order valence-electron chi connectivity index (χ1n) is 7.10. The Morgan fingerprint density at radius 3 is 2.44 bits per heavy atom. The molecule has 1 amide bonds. The van der Waals surface area contributed by atoms with Crippen LogP contribution in [0.2, 0.25) is 0 Å². The predicted molar refractivity (Wildman–Crippen MR) is 86.5 cm³/mol. The van der Waals surface area contributed by atoms with E-state index in [1.54, 1.807) is 0 Å². The molecule has 0 bridgehead atoms. The molecule has 0 aliphatic rings. The lowest BCUT2D eigenvalue weighted by Crippen LogP contribution is -2.24. The molecule has 0 atom stereocenters. The van der Waals surface area contributed by atoms with Crippen LogP contribution >= 0.6 is 11.9 Å². The molecule has 0 radical (unpaired) electrons. The van der Waals surface area contributed by atoms with E-state index in [1.807, 2.05) is 0 Å². The number of hydrogen-bond donors (Lipinski definition) is 1. The van der Waals surface area contributed by atoms with Gasteiger partial charge in [0.15, 0.2) is 9.84 Å². The van der Waals surface area contributed by atoms with Crippen molar-refractivity contribution in [2.24, 2.45) is 7.05 Å². The van der Waals surface area contributed by atoms with Crippen LogP contribution in [-0.2, 0) is 27.9 Å².